The van der Waals surface area contributed by atoms with Gasteiger partial charge in [-0.3, -0.25) is 0 Å². The van der Waals surface area contributed by atoms with Crippen LogP contribution in [-0.4, -0.2) is 9.97 Å². The molecule has 0 atom stereocenters. The van der Waals surface area contributed by atoms with Crippen molar-refractivity contribution in [2.75, 3.05) is 0 Å². The van der Waals surface area contributed by atoms with Gasteiger partial charge in [-0.1, -0.05) is 19.1 Å². The zero-order valence-corrected chi connectivity index (χ0v) is 10.3. The largest absolute Gasteiger partial charge is 0.345 e. The lowest BCUT2D eigenvalue weighted by Gasteiger charge is -2.04. The van der Waals surface area contributed by atoms with E-state index < -0.39 is 0 Å². The molecular weight excluding hydrogens is 238 g/mol. The lowest BCUT2D eigenvalue weighted by molar-refractivity contribution is 1.04. The molecule has 0 fully saturated rings. The summed E-state index contributed by atoms with van der Waals surface area (Å²) in [5, 5.41) is 8.80. The first-order valence-electron chi connectivity index (χ1n) is 4.83. The number of H-pyrrole nitrogens is 1. The molecule has 2 rings (SSSR count). The molecule has 0 aliphatic heterocycles. The minimum Gasteiger partial charge on any atom is -0.345 e. The van der Waals surface area contributed by atoms with E-state index in [2.05, 4.69) is 16.0 Å². The summed E-state index contributed by atoms with van der Waals surface area (Å²) >= 11 is 6.64. The average molecular weight is 247 g/mol. The number of rotatable bonds is 2. The highest BCUT2D eigenvalue weighted by atomic mass is 32.1. The maximum Gasteiger partial charge on any atom is 0.133 e. The van der Waals surface area contributed by atoms with Crippen molar-refractivity contribution >= 4 is 23.6 Å². The van der Waals surface area contributed by atoms with Gasteiger partial charge >= 0.3 is 0 Å². The second-order valence-electron chi connectivity index (χ2n) is 3.19. The molecule has 2 aromatic rings. The van der Waals surface area contributed by atoms with Crippen LogP contribution in [0.2, 0.25) is 0 Å². The Morgan fingerprint density at radius 3 is 3.00 bits per heavy atom. The second kappa shape index (κ2) is 4.56. The predicted octanol–water partition coefficient (Wildman–Crippen LogP) is 3.30. The molecule has 0 amide bonds. The van der Waals surface area contributed by atoms with Crippen LogP contribution in [0.15, 0.2) is 18.5 Å². The zero-order valence-electron chi connectivity index (χ0n) is 8.65. The first-order chi connectivity index (χ1) is 7.76. The van der Waals surface area contributed by atoms with Crippen molar-refractivity contribution in [2.24, 2.45) is 0 Å². The van der Waals surface area contributed by atoms with Crippen molar-refractivity contribution in [1.82, 2.24) is 9.97 Å². The molecule has 0 unspecified atom stereocenters. The summed E-state index contributed by atoms with van der Waals surface area (Å²) < 4.78 is 0.628. The lowest BCUT2D eigenvalue weighted by atomic mass is 10.1. The summed E-state index contributed by atoms with van der Waals surface area (Å²) in [7, 11) is 0. The molecule has 0 bridgehead atoms. The van der Waals surface area contributed by atoms with Crippen molar-refractivity contribution in [1.29, 1.82) is 5.26 Å². The van der Waals surface area contributed by atoms with E-state index in [1.165, 1.54) is 11.3 Å². The third kappa shape index (κ3) is 1.90. The number of hydrogen-bond donors (Lipinski definition) is 1. The molecule has 0 saturated heterocycles. The highest BCUT2D eigenvalue weighted by molar-refractivity contribution is 7.71. The van der Waals surface area contributed by atoms with Crippen molar-refractivity contribution < 1.29 is 0 Å². The Morgan fingerprint density at radius 1 is 1.56 bits per heavy atom. The van der Waals surface area contributed by atoms with Gasteiger partial charge in [-0.05, 0) is 18.6 Å². The molecule has 0 saturated carbocycles. The van der Waals surface area contributed by atoms with Crippen molar-refractivity contribution in [3.63, 3.8) is 0 Å². The summed E-state index contributed by atoms with van der Waals surface area (Å²) in [5.41, 5.74) is 2.01. The van der Waals surface area contributed by atoms with Gasteiger partial charge in [0.1, 0.15) is 15.6 Å². The van der Waals surface area contributed by atoms with E-state index >= 15 is 0 Å². The van der Waals surface area contributed by atoms with Gasteiger partial charge in [-0.25, -0.2) is 4.98 Å². The SMILES string of the molecule is CCc1c(-c2ccc(C#N)s2)[nH]cnc1=S. The van der Waals surface area contributed by atoms with Crippen LogP contribution in [-0.2, 0) is 6.42 Å². The molecule has 2 aromatic heterocycles. The zero-order chi connectivity index (χ0) is 11.5. The van der Waals surface area contributed by atoms with Crippen LogP contribution in [0, 0.1) is 16.0 Å². The van der Waals surface area contributed by atoms with E-state index in [0.717, 1.165) is 22.6 Å². The first kappa shape index (κ1) is 11.0. The summed E-state index contributed by atoms with van der Waals surface area (Å²) in [6.45, 7) is 2.04. The maximum atomic E-state index is 8.80. The number of aromatic nitrogens is 2. The molecule has 1 N–H and O–H groups in total. The van der Waals surface area contributed by atoms with Crippen LogP contribution in [0.4, 0.5) is 0 Å². The van der Waals surface area contributed by atoms with Gasteiger partial charge < -0.3 is 4.98 Å². The smallest absolute Gasteiger partial charge is 0.133 e. The Balaban J connectivity index is 2.60. The van der Waals surface area contributed by atoms with Gasteiger partial charge in [0.15, 0.2) is 0 Å². The Kier molecular flexibility index (Phi) is 3.13. The summed E-state index contributed by atoms with van der Waals surface area (Å²) in [6, 6.07) is 5.88. The number of nitrogens with zero attached hydrogens (tertiary/aromatic N) is 2. The van der Waals surface area contributed by atoms with Crippen LogP contribution in [0.25, 0.3) is 10.6 Å². The van der Waals surface area contributed by atoms with E-state index in [1.807, 2.05) is 19.1 Å². The Bertz CT molecular complexity index is 604. The minimum atomic E-state index is 0.628. The molecule has 0 aromatic carbocycles. The van der Waals surface area contributed by atoms with Gasteiger partial charge in [0.05, 0.1) is 16.9 Å². The fraction of sp³-hybridized carbons (Fsp3) is 0.182. The van der Waals surface area contributed by atoms with Crippen molar-refractivity contribution in [2.45, 2.75) is 13.3 Å². The molecule has 2 heterocycles. The monoisotopic (exact) mass is 247 g/mol. The molecule has 0 radical (unpaired) electrons. The number of nitriles is 1. The average Bonchev–Trinajstić information content (AvgIpc) is 2.77. The standard InChI is InChI=1S/C11H9N3S2/c1-2-8-10(13-6-14-11(8)15)9-4-3-7(5-12)16-9/h3-4,6H,2H2,1H3,(H,13,14,15). The molecule has 0 spiro atoms. The lowest BCUT2D eigenvalue weighted by Crippen LogP contribution is -1.93. The second-order valence-corrected chi connectivity index (χ2v) is 4.66. The topological polar surface area (TPSA) is 52.5 Å². The van der Waals surface area contributed by atoms with Gasteiger partial charge in [0.2, 0.25) is 0 Å². The number of thiophene rings is 1. The predicted molar refractivity (Wildman–Crippen MR) is 66.8 cm³/mol. The summed E-state index contributed by atoms with van der Waals surface area (Å²) in [6.07, 6.45) is 2.43. The first-order valence-corrected chi connectivity index (χ1v) is 6.05. The molecule has 0 aliphatic rings. The third-order valence-corrected chi connectivity index (χ3v) is 3.63. The van der Waals surface area contributed by atoms with Gasteiger partial charge in [-0.2, -0.15) is 5.26 Å². The van der Waals surface area contributed by atoms with Crippen LogP contribution < -0.4 is 0 Å². The van der Waals surface area contributed by atoms with Crippen LogP contribution in [0.3, 0.4) is 0 Å². The molecule has 16 heavy (non-hydrogen) atoms. The van der Waals surface area contributed by atoms with Gasteiger partial charge in [-0.15, -0.1) is 11.3 Å². The summed E-state index contributed by atoms with van der Waals surface area (Å²) in [5.74, 6) is 0. The summed E-state index contributed by atoms with van der Waals surface area (Å²) in [4.78, 5) is 8.90. The van der Waals surface area contributed by atoms with Gasteiger partial charge in [0, 0.05) is 5.56 Å². The van der Waals surface area contributed by atoms with Crippen LogP contribution in [0.1, 0.15) is 17.4 Å². The van der Waals surface area contributed by atoms with Crippen LogP contribution >= 0.6 is 23.6 Å². The Labute approximate surface area is 102 Å². The molecule has 0 aliphatic carbocycles. The maximum absolute atomic E-state index is 8.80. The van der Waals surface area contributed by atoms with Crippen LogP contribution in [0.5, 0.6) is 0 Å². The molecule has 3 nitrogen and oxygen atoms in total. The van der Waals surface area contributed by atoms with E-state index in [9.17, 15) is 0 Å². The Morgan fingerprint density at radius 2 is 2.38 bits per heavy atom. The quantitative estimate of drug-likeness (QED) is 0.828. The third-order valence-electron chi connectivity index (χ3n) is 2.27. The highest BCUT2D eigenvalue weighted by Gasteiger charge is 2.08. The Hall–Kier alpha value is -1.51. The van der Waals surface area contributed by atoms with E-state index in [4.69, 9.17) is 17.5 Å². The fourth-order valence-corrected chi connectivity index (χ4v) is 2.65. The highest BCUT2D eigenvalue weighted by Crippen LogP contribution is 2.28. The van der Waals surface area contributed by atoms with Crippen molar-refractivity contribution in [3.8, 4) is 16.6 Å². The van der Waals surface area contributed by atoms with E-state index in [1.54, 1.807) is 6.33 Å². The molecule has 5 heteroatoms. The minimum absolute atomic E-state index is 0.628. The normalized spacial score (nSPS) is 10.0. The number of hydrogen-bond acceptors (Lipinski definition) is 4. The van der Waals surface area contributed by atoms with E-state index in [0.29, 0.717) is 9.52 Å². The van der Waals surface area contributed by atoms with Gasteiger partial charge in [0.25, 0.3) is 0 Å². The van der Waals surface area contributed by atoms with E-state index in [-0.39, 0.29) is 0 Å². The van der Waals surface area contributed by atoms with Crippen molar-refractivity contribution in [3.05, 3.63) is 33.5 Å². The molecule has 80 valence electrons. The fourth-order valence-electron chi connectivity index (χ4n) is 1.51. The molecular formula is C11H9N3S2. The number of aromatic amines is 1. The number of nitrogens with one attached hydrogen (secondary N) is 1.